The Hall–Kier alpha value is -2.77. The Morgan fingerprint density at radius 1 is 1.17 bits per heavy atom. The zero-order chi connectivity index (χ0) is 20.6. The highest BCUT2D eigenvalue weighted by atomic mass is 35.5. The van der Waals surface area contributed by atoms with Crippen molar-refractivity contribution >= 4 is 29.2 Å². The average molecular weight is 418 g/mol. The number of nitrogens with one attached hydrogen (secondary N) is 2. The molecule has 1 heterocycles. The van der Waals surface area contributed by atoms with Crippen LogP contribution < -0.4 is 20.1 Å². The number of ether oxygens (including phenoxy) is 3. The molecule has 1 aliphatic rings. The second-order valence-corrected chi connectivity index (χ2v) is 6.95. The van der Waals surface area contributed by atoms with E-state index in [1.54, 1.807) is 56.7 Å². The van der Waals surface area contributed by atoms with Crippen LogP contribution in [-0.2, 0) is 4.74 Å². The first kappa shape index (κ1) is 21.0. The van der Waals surface area contributed by atoms with Crippen molar-refractivity contribution in [2.24, 2.45) is 4.99 Å². The third-order valence-corrected chi connectivity index (χ3v) is 4.68. The van der Waals surface area contributed by atoms with E-state index in [9.17, 15) is 4.79 Å². The van der Waals surface area contributed by atoms with Gasteiger partial charge in [0.15, 0.2) is 0 Å². The molecular weight excluding hydrogens is 394 g/mol. The predicted molar refractivity (Wildman–Crippen MR) is 113 cm³/mol. The molecule has 0 unspecified atom stereocenters. The van der Waals surface area contributed by atoms with Gasteiger partial charge in [-0.25, -0.2) is 4.99 Å². The minimum atomic E-state index is -0.296. The van der Waals surface area contributed by atoms with E-state index in [4.69, 9.17) is 25.8 Å². The third-order valence-electron chi connectivity index (χ3n) is 4.43. The molecule has 2 N–H and O–H groups in total. The molecule has 1 saturated heterocycles. The van der Waals surface area contributed by atoms with E-state index >= 15 is 0 Å². The topological polar surface area (TPSA) is 81.2 Å². The molecular formula is C21H24ClN3O4. The molecule has 0 spiro atoms. The lowest BCUT2D eigenvalue weighted by Crippen LogP contribution is -2.36. The lowest BCUT2D eigenvalue weighted by molar-refractivity contribution is 0.0975. The van der Waals surface area contributed by atoms with Crippen LogP contribution in [0, 0.1) is 0 Å². The number of anilines is 1. The Bertz CT molecular complexity index is 842. The summed E-state index contributed by atoms with van der Waals surface area (Å²) in [5.74, 6) is 1.26. The van der Waals surface area contributed by atoms with E-state index in [1.807, 2.05) is 0 Å². The molecule has 1 aliphatic heterocycles. The summed E-state index contributed by atoms with van der Waals surface area (Å²) in [6, 6.07) is 12.0. The van der Waals surface area contributed by atoms with Gasteiger partial charge in [-0.1, -0.05) is 11.6 Å². The van der Waals surface area contributed by atoms with Crippen LogP contribution in [0.5, 0.6) is 11.5 Å². The molecule has 1 amide bonds. The molecule has 0 bridgehead atoms. The van der Waals surface area contributed by atoms with Crippen LogP contribution in [0.2, 0.25) is 5.02 Å². The number of hydrogen-bond acceptors (Lipinski definition) is 5. The SMILES string of the molecule is COc1cc(NC(=NC[C@H]2CCCO2)NC(=O)c2ccc(Cl)cc2)cc(OC)c1. The van der Waals surface area contributed by atoms with Gasteiger partial charge in [-0.15, -0.1) is 0 Å². The predicted octanol–water partition coefficient (Wildman–Crippen LogP) is 3.73. The molecule has 1 fully saturated rings. The van der Waals surface area contributed by atoms with E-state index in [-0.39, 0.29) is 12.0 Å². The van der Waals surface area contributed by atoms with E-state index < -0.39 is 0 Å². The molecule has 8 heteroatoms. The van der Waals surface area contributed by atoms with E-state index in [1.165, 1.54) is 0 Å². The van der Waals surface area contributed by atoms with Crippen molar-refractivity contribution in [2.45, 2.75) is 18.9 Å². The van der Waals surface area contributed by atoms with Crippen LogP contribution in [0.4, 0.5) is 5.69 Å². The lowest BCUT2D eigenvalue weighted by Gasteiger charge is -2.15. The van der Waals surface area contributed by atoms with Gasteiger partial charge in [0.25, 0.3) is 5.91 Å². The number of carbonyl (C=O) groups is 1. The van der Waals surface area contributed by atoms with Crippen molar-refractivity contribution in [3.05, 3.63) is 53.1 Å². The smallest absolute Gasteiger partial charge is 0.257 e. The number of guanidine groups is 1. The minimum absolute atomic E-state index is 0.0547. The van der Waals surface area contributed by atoms with Gasteiger partial charge < -0.3 is 19.5 Å². The first-order valence-corrected chi connectivity index (χ1v) is 9.68. The summed E-state index contributed by atoms with van der Waals surface area (Å²) < 4.78 is 16.2. The number of rotatable bonds is 6. The van der Waals surface area contributed by atoms with Gasteiger partial charge in [-0.2, -0.15) is 0 Å². The fraction of sp³-hybridized carbons (Fsp3) is 0.333. The fourth-order valence-corrected chi connectivity index (χ4v) is 3.02. The van der Waals surface area contributed by atoms with Crippen molar-refractivity contribution < 1.29 is 19.0 Å². The molecule has 2 aromatic carbocycles. The standard InChI is InChI=1S/C21H24ClN3O4/c1-27-18-10-16(11-19(12-18)28-2)24-21(23-13-17-4-3-9-29-17)25-20(26)14-5-7-15(22)8-6-14/h5-8,10-12,17H,3-4,9,13H2,1-2H3,(H2,23,24,25,26)/t17-/m1/s1. The maximum absolute atomic E-state index is 12.6. The van der Waals surface area contributed by atoms with Gasteiger partial charge in [-0.3, -0.25) is 10.1 Å². The van der Waals surface area contributed by atoms with Crippen LogP contribution in [0.3, 0.4) is 0 Å². The number of halogens is 1. The van der Waals surface area contributed by atoms with Crippen molar-refractivity contribution in [3.8, 4) is 11.5 Å². The van der Waals surface area contributed by atoms with Crippen LogP contribution in [0.15, 0.2) is 47.5 Å². The second kappa shape index (κ2) is 10.1. The van der Waals surface area contributed by atoms with E-state index in [2.05, 4.69) is 15.6 Å². The van der Waals surface area contributed by atoms with Gasteiger partial charge >= 0.3 is 0 Å². The lowest BCUT2D eigenvalue weighted by atomic mass is 10.2. The Morgan fingerprint density at radius 2 is 1.86 bits per heavy atom. The summed E-state index contributed by atoms with van der Waals surface area (Å²) >= 11 is 5.90. The number of aliphatic imine (C=N–C) groups is 1. The molecule has 0 aliphatic carbocycles. The van der Waals surface area contributed by atoms with Gasteiger partial charge in [0.2, 0.25) is 5.96 Å². The number of amides is 1. The van der Waals surface area contributed by atoms with Gasteiger partial charge in [0.1, 0.15) is 11.5 Å². The number of methoxy groups -OCH3 is 2. The molecule has 2 aromatic rings. The van der Waals surface area contributed by atoms with Crippen LogP contribution in [0.25, 0.3) is 0 Å². The van der Waals surface area contributed by atoms with Crippen molar-refractivity contribution in [1.82, 2.24) is 5.32 Å². The maximum atomic E-state index is 12.6. The van der Waals surface area contributed by atoms with E-state index in [0.29, 0.717) is 40.3 Å². The first-order valence-electron chi connectivity index (χ1n) is 9.30. The summed E-state index contributed by atoms with van der Waals surface area (Å²) in [6.45, 7) is 1.19. The molecule has 29 heavy (non-hydrogen) atoms. The Labute approximate surface area is 175 Å². The summed E-state index contributed by atoms with van der Waals surface area (Å²) in [4.78, 5) is 17.2. The number of carbonyl (C=O) groups excluding carboxylic acids is 1. The quantitative estimate of drug-likeness (QED) is 0.552. The summed E-state index contributed by atoms with van der Waals surface area (Å²) in [5, 5.41) is 6.53. The number of nitrogens with zero attached hydrogens (tertiary/aromatic N) is 1. The second-order valence-electron chi connectivity index (χ2n) is 6.51. The van der Waals surface area contributed by atoms with E-state index in [0.717, 1.165) is 19.4 Å². The third kappa shape index (κ3) is 6.10. The first-order chi connectivity index (χ1) is 14.1. The highest BCUT2D eigenvalue weighted by molar-refractivity contribution is 6.30. The van der Waals surface area contributed by atoms with Crippen LogP contribution in [0.1, 0.15) is 23.2 Å². The van der Waals surface area contributed by atoms with Crippen molar-refractivity contribution in [1.29, 1.82) is 0 Å². The van der Waals surface area contributed by atoms with Crippen molar-refractivity contribution in [3.63, 3.8) is 0 Å². The maximum Gasteiger partial charge on any atom is 0.257 e. The molecule has 7 nitrogen and oxygen atoms in total. The minimum Gasteiger partial charge on any atom is -0.497 e. The largest absolute Gasteiger partial charge is 0.497 e. The molecule has 3 rings (SSSR count). The zero-order valence-corrected chi connectivity index (χ0v) is 17.2. The van der Waals surface area contributed by atoms with Crippen LogP contribution in [-0.4, -0.2) is 45.3 Å². The normalized spacial score (nSPS) is 16.4. The highest BCUT2D eigenvalue weighted by Gasteiger charge is 2.16. The Kier molecular flexibility index (Phi) is 7.32. The average Bonchev–Trinajstić information content (AvgIpc) is 3.25. The molecule has 0 saturated carbocycles. The monoisotopic (exact) mass is 417 g/mol. The van der Waals surface area contributed by atoms with Gasteiger partial charge in [-0.05, 0) is 37.1 Å². The fourth-order valence-electron chi connectivity index (χ4n) is 2.89. The molecule has 0 radical (unpaired) electrons. The molecule has 1 atom stereocenters. The highest BCUT2D eigenvalue weighted by Crippen LogP contribution is 2.25. The van der Waals surface area contributed by atoms with Gasteiger partial charge in [0.05, 0.1) is 26.9 Å². The summed E-state index contributed by atoms with van der Waals surface area (Å²) in [7, 11) is 3.15. The Balaban J connectivity index is 1.79. The number of hydrogen-bond donors (Lipinski definition) is 2. The number of benzene rings is 2. The molecule has 154 valence electrons. The van der Waals surface area contributed by atoms with Crippen LogP contribution >= 0.6 is 11.6 Å². The summed E-state index contributed by atoms with van der Waals surface area (Å²) in [5.41, 5.74) is 1.15. The Morgan fingerprint density at radius 3 is 2.45 bits per heavy atom. The zero-order valence-electron chi connectivity index (χ0n) is 16.4. The van der Waals surface area contributed by atoms with Crippen molar-refractivity contribution in [2.75, 3.05) is 32.7 Å². The van der Waals surface area contributed by atoms with Gasteiger partial charge in [0, 0.05) is 41.1 Å². The summed E-state index contributed by atoms with van der Waals surface area (Å²) in [6.07, 6.45) is 2.03. The molecule has 0 aromatic heterocycles.